The van der Waals surface area contributed by atoms with Crippen molar-refractivity contribution < 1.29 is 0 Å². The second-order valence-electron chi connectivity index (χ2n) is 2.81. The zero-order valence-corrected chi connectivity index (χ0v) is 7.68. The minimum atomic E-state index is 0.358. The Hall–Kier alpha value is -1.74. The molecule has 0 aromatic carbocycles. The summed E-state index contributed by atoms with van der Waals surface area (Å²) in [6.45, 7) is 0.358. The normalized spacial score (nSPS) is 9.08. The smallest absolute Gasteiger partial charge is 0.127 e. The molecule has 0 saturated carbocycles. The van der Waals surface area contributed by atoms with Gasteiger partial charge in [0.2, 0.25) is 0 Å². The lowest BCUT2D eigenvalue weighted by Crippen LogP contribution is -2.10. The first-order chi connectivity index (χ1) is 6.24. The first kappa shape index (κ1) is 9.35. The molecule has 1 aromatic rings. The molecule has 68 valence electrons. The number of rotatable bonds is 3. The van der Waals surface area contributed by atoms with E-state index in [0.29, 0.717) is 6.54 Å². The fraction of sp³-hybridized carbons (Fsp3) is 0.375. The average molecular weight is 177 g/mol. The van der Waals surface area contributed by atoms with Crippen molar-refractivity contribution in [1.82, 2.24) is 4.98 Å². The lowest BCUT2D eigenvalue weighted by atomic mass is 10.3. The predicted octanol–water partition coefficient (Wildman–Crippen LogP) is 1.96. The third-order valence-electron chi connectivity index (χ3n) is 1.58. The Morgan fingerprint density at radius 3 is 2.77 bits per heavy atom. The fourth-order valence-corrected chi connectivity index (χ4v) is 0.888. The highest BCUT2D eigenvalue weighted by Crippen LogP contribution is 2.08. The summed E-state index contributed by atoms with van der Waals surface area (Å²) in [5, 5.41) is 3.44. The molecule has 0 aliphatic heterocycles. The van der Waals surface area contributed by atoms with Crippen LogP contribution in [-0.4, -0.2) is 19.1 Å². The van der Waals surface area contributed by atoms with Crippen molar-refractivity contribution in [3.8, 4) is 0 Å². The van der Waals surface area contributed by atoms with E-state index in [9.17, 15) is 0 Å². The maximum Gasteiger partial charge on any atom is 0.127 e. The Morgan fingerprint density at radius 1 is 1.54 bits per heavy atom. The van der Waals surface area contributed by atoms with E-state index < -0.39 is 0 Å². The summed E-state index contributed by atoms with van der Waals surface area (Å²) in [4.78, 5) is 8.76. The molecule has 1 aromatic heterocycles. The molecule has 13 heavy (non-hydrogen) atoms. The number of hydrogen-bond acceptors (Lipinski definition) is 3. The Morgan fingerprint density at radius 2 is 2.31 bits per heavy atom. The van der Waals surface area contributed by atoms with Crippen molar-refractivity contribution >= 4 is 5.82 Å². The summed E-state index contributed by atoms with van der Waals surface area (Å²) in [5.41, 5.74) is 9.02. The summed E-state index contributed by atoms with van der Waals surface area (Å²) in [5.74, 6) is 0.893. The largest absolute Gasteiger partial charge is 0.363 e. The van der Waals surface area contributed by atoms with E-state index in [4.69, 9.17) is 5.53 Å². The summed E-state index contributed by atoms with van der Waals surface area (Å²) < 4.78 is 0. The maximum absolute atomic E-state index is 8.10. The number of aromatic nitrogens is 1. The third kappa shape index (κ3) is 2.65. The molecule has 0 bridgehead atoms. The van der Waals surface area contributed by atoms with E-state index in [1.807, 2.05) is 31.1 Å². The molecule has 0 unspecified atom stereocenters. The maximum atomic E-state index is 8.10. The average Bonchev–Trinajstić information content (AvgIpc) is 2.15. The Bertz CT molecular complexity index is 310. The van der Waals surface area contributed by atoms with E-state index >= 15 is 0 Å². The standard InChI is InChI=1S/C8H11N5/c1-13(2)8-4-3-7(5-10-8)6-11-12-9/h3-5H,6H2,1-2H3. The van der Waals surface area contributed by atoms with E-state index in [1.54, 1.807) is 6.20 Å². The van der Waals surface area contributed by atoms with Crippen LogP contribution in [0.1, 0.15) is 5.56 Å². The van der Waals surface area contributed by atoms with Crippen LogP contribution >= 0.6 is 0 Å². The van der Waals surface area contributed by atoms with Gasteiger partial charge < -0.3 is 4.90 Å². The van der Waals surface area contributed by atoms with Crippen LogP contribution in [-0.2, 0) is 6.54 Å². The molecule has 0 aliphatic rings. The number of anilines is 1. The Kier molecular flexibility index (Phi) is 3.11. The van der Waals surface area contributed by atoms with Crippen molar-refractivity contribution in [3.05, 3.63) is 34.3 Å². The van der Waals surface area contributed by atoms with Crippen LogP contribution in [0.15, 0.2) is 23.4 Å². The van der Waals surface area contributed by atoms with E-state index in [0.717, 1.165) is 11.4 Å². The lowest BCUT2D eigenvalue weighted by molar-refractivity contribution is 1.00. The number of azide groups is 1. The number of hydrogen-bond donors (Lipinski definition) is 0. The summed E-state index contributed by atoms with van der Waals surface area (Å²) >= 11 is 0. The quantitative estimate of drug-likeness (QED) is 0.402. The van der Waals surface area contributed by atoms with Crippen molar-refractivity contribution in [2.24, 2.45) is 5.11 Å². The monoisotopic (exact) mass is 177 g/mol. The highest BCUT2D eigenvalue weighted by atomic mass is 15.1. The van der Waals surface area contributed by atoms with Crippen LogP contribution in [0.5, 0.6) is 0 Å². The molecule has 0 amide bonds. The second-order valence-corrected chi connectivity index (χ2v) is 2.81. The fourth-order valence-electron chi connectivity index (χ4n) is 0.888. The van der Waals surface area contributed by atoms with E-state index in [-0.39, 0.29) is 0 Å². The van der Waals surface area contributed by atoms with Crippen LogP contribution < -0.4 is 4.90 Å². The summed E-state index contributed by atoms with van der Waals surface area (Å²) in [6, 6.07) is 3.79. The van der Waals surface area contributed by atoms with Gasteiger partial charge >= 0.3 is 0 Å². The summed E-state index contributed by atoms with van der Waals surface area (Å²) in [6.07, 6.45) is 1.71. The molecular weight excluding hydrogens is 166 g/mol. The summed E-state index contributed by atoms with van der Waals surface area (Å²) in [7, 11) is 3.85. The predicted molar refractivity (Wildman–Crippen MR) is 51.4 cm³/mol. The molecule has 5 heteroatoms. The zero-order chi connectivity index (χ0) is 9.68. The first-order valence-corrected chi connectivity index (χ1v) is 3.87. The molecule has 0 radical (unpaired) electrons. The van der Waals surface area contributed by atoms with Crippen molar-refractivity contribution in [1.29, 1.82) is 0 Å². The van der Waals surface area contributed by atoms with Gasteiger partial charge in [0, 0.05) is 25.2 Å². The zero-order valence-electron chi connectivity index (χ0n) is 7.68. The first-order valence-electron chi connectivity index (χ1n) is 3.87. The number of nitrogens with zero attached hydrogens (tertiary/aromatic N) is 5. The van der Waals surface area contributed by atoms with Crippen LogP contribution in [0, 0.1) is 0 Å². The van der Waals surface area contributed by atoms with Gasteiger partial charge in [-0.05, 0) is 17.2 Å². The highest BCUT2D eigenvalue weighted by molar-refractivity contribution is 5.37. The van der Waals surface area contributed by atoms with Gasteiger partial charge in [-0.3, -0.25) is 0 Å². The van der Waals surface area contributed by atoms with Crippen LogP contribution in [0.3, 0.4) is 0 Å². The van der Waals surface area contributed by atoms with Gasteiger partial charge in [-0.15, -0.1) is 0 Å². The van der Waals surface area contributed by atoms with Gasteiger partial charge in [0.25, 0.3) is 0 Å². The molecule has 0 spiro atoms. The van der Waals surface area contributed by atoms with Gasteiger partial charge in [0.15, 0.2) is 0 Å². The molecule has 0 N–H and O–H groups in total. The van der Waals surface area contributed by atoms with Gasteiger partial charge in [0.05, 0.1) is 6.54 Å². The molecule has 0 fully saturated rings. The van der Waals surface area contributed by atoms with Gasteiger partial charge in [-0.2, -0.15) is 0 Å². The van der Waals surface area contributed by atoms with Gasteiger partial charge in [0.1, 0.15) is 5.82 Å². The van der Waals surface area contributed by atoms with Gasteiger partial charge in [-0.1, -0.05) is 11.2 Å². The van der Waals surface area contributed by atoms with E-state index in [2.05, 4.69) is 15.0 Å². The Labute approximate surface area is 76.6 Å². The minimum absolute atomic E-state index is 0.358. The SMILES string of the molecule is CN(C)c1ccc(CN=[N+]=[N-])cn1. The van der Waals surface area contributed by atoms with E-state index in [1.165, 1.54) is 0 Å². The second kappa shape index (κ2) is 4.33. The molecule has 0 saturated heterocycles. The Balaban J connectivity index is 2.75. The molecular formula is C8H11N5. The topological polar surface area (TPSA) is 64.9 Å². The van der Waals surface area contributed by atoms with Crippen LogP contribution in [0.2, 0.25) is 0 Å². The minimum Gasteiger partial charge on any atom is -0.363 e. The molecule has 0 atom stereocenters. The van der Waals surface area contributed by atoms with Crippen molar-refractivity contribution in [2.75, 3.05) is 19.0 Å². The molecule has 1 rings (SSSR count). The van der Waals surface area contributed by atoms with Crippen LogP contribution in [0.25, 0.3) is 10.4 Å². The highest BCUT2D eigenvalue weighted by Gasteiger charge is 1.95. The third-order valence-corrected chi connectivity index (χ3v) is 1.58. The molecule has 1 heterocycles. The van der Waals surface area contributed by atoms with Crippen molar-refractivity contribution in [3.63, 3.8) is 0 Å². The number of pyridine rings is 1. The molecule has 5 nitrogen and oxygen atoms in total. The lowest BCUT2D eigenvalue weighted by Gasteiger charge is -2.10. The van der Waals surface area contributed by atoms with Crippen molar-refractivity contribution in [2.45, 2.75) is 6.54 Å². The molecule has 0 aliphatic carbocycles. The van der Waals surface area contributed by atoms with Crippen LogP contribution in [0.4, 0.5) is 5.82 Å². The van der Waals surface area contributed by atoms with Gasteiger partial charge in [-0.25, -0.2) is 4.98 Å².